The number of para-hydroxylation sites is 1. The molecule has 4 rings (SSSR count). The average Bonchev–Trinajstić information content (AvgIpc) is 3.18. The van der Waals surface area contributed by atoms with E-state index in [0.29, 0.717) is 38.9 Å². The Bertz CT molecular complexity index is 1050. The lowest BCUT2D eigenvalue weighted by Gasteiger charge is -2.34. The summed E-state index contributed by atoms with van der Waals surface area (Å²) in [6.45, 7) is 1.99. The van der Waals surface area contributed by atoms with E-state index in [-0.39, 0.29) is 41.8 Å². The van der Waals surface area contributed by atoms with Crippen molar-refractivity contribution in [2.45, 2.75) is 31.8 Å². The Kier molecular flexibility index (Phi) is 7.45. The average molecular weight is 470 g/mol. The molecule has 0 saturated carbocycles. The molecule has 0 radical (unpaired) electrons. The maximum absolute atomic E-state index is 13.3. The summed E-state index contributed by atoms with van der Waals surface area (Å²) in [6.07, 6.45) is 1.88. The zero-order chi connectivity index (χ0) is 23.3. The number of hydrogen-bond donors (Lipinski definition) is 1. The fraction of sp³-hybridized carbons (Fsp3) is 0.440. The number of anilines is 1. The zero-order valence-electron chi connectivity index (χ0n) is 18.7. The van der Waals surface area contributed by atoms with Crippen molar-refractivity contribution in [1.82, 2.24) is 9.80 Å². The first kappa shape index (κ1) is 23.4. The van der Waals surface area contributed by atoms with Crippen molar-refractivity contribution in [1.29, 1.82) is 0 Å². The smallest absolute Gasteiger partial charge is 0.237 e. The minimum absolute atomic E-state index is 0.0223. The van der Waals surface area contributed by atoms with Crippen LogP contribution in [0.3, 0.4) is 0 Å². The SMILES string of the molecule is O=C(Nc1ccccc1)C1CCN(CC(=O)N(Cc2ccccc2)C2CCS(=O)(=O)C2)CC1. The Hall–Kier alpha value is -2.71. The van der Waals surface area contributed by atoms with E-state index in [1.54, 1.807) is 4.90 Å². The summed E-state index contributed by atoms with van der Waals surface area (Å²) in [7, 11) is -3.09. The highest BCUT2D eigenvalue weighted by Gasteiger charge is 2.35. The fourth-order valence-electron chi connectivity index (χ4n) is 4.62. The van der Waals surface area contributed by atoms with Gasteiger partial charge in [0.15, 0.2) is 9.84 Å². The Morgan fingerprint density at radius 1 is 0.939 bits per heavy atom. The van der Waals surface area contributed by atoms with Crippen LogP contribution in [0.15, 0.2) is 60.7 Å². The van der Waals surface area contributed by atoms with Gasteiger partial charge in [-0.25, -0.2) is 8.42 Å². The maximum Gasteiger partial charge on any atom is 0.237 e. The van der Waals surface area contributed by atoms with Crippen molar-refractivity contribution >= 4 is 27.3 Å². The lowest BCUT2D eigenvalue weighted by Crippen LogP contribution is -2.48. The molecule has 2 aromatic carbocycles. The van der Waals surface area contributed by atoms with Crippen LogP contribution >= 0.6 is 0 Å². The molecule has 1 atom stereocenters. The van der Waals surface area contributed by atoms with E-state index in [9.17, 15) is 18.0 Å². The molecule has 0 spiro atoms. The lowest BCUT2D eigenvalue weighted by molar-refractivity contribution is -0.135. The van der Waals surface area contributed by atoms with Gasteiger partial charge in [-0.1, -0.05) is 48.5 Å². The third-order valence-corrected chi connectivity index (χ3v) is 8.27. The standard InChI is InChI=1S/C25H31N3O4S/c29-24(28(17-20-7-3-1-4-8-20)23-13-16-33(31,32)19-23)18-27-14-11-21(12-15-27)25(30)26-22-9-5-2-6-10-22/h1-10,21,23H,11-19H2,(H,26,30). The molecule has 1 N–H and O–H groups in total. The van der Waals surface area contributed by atoms with E-state index in [1.165, 1.54) is 0 Å². The minimum atomic E-state index is -3.09. The van der Waals surface area contributed by atoms with E-state index in [1.807, 2.05) is 60.7 Å². The topological polar surface area (TPSA) is 86.8 Å². The summed E-state index contributed by atoms with van der Waals surface area (Å²) in [5.41, 5.74) is 1.79. The highest BCUT2D eigenvalue weighted by molar-refractivity contribution is 7.91. The molecule has 1 unspecified atom stereocenters. The Labute approximate surface area is 195 Å². The van der Waals surface area contributed by atoms with Crippen molar-refractivity contribution in [2.75, 3.05) is 36.5 Å². The van der Waals surface area contributed by atoms with Gasteiger partial charge in [-0.05, 0) is 50.0 Å². The second-order valence-electron chi connectivity index (χ2n) is 8.97. The van der Waals surface area contributed by atoms with Gasteiger partial charge >= 0.3 is 0 Å². The van der Waals surface area contributed by atoms with Crippen LogP contribution in [-0.4, -0.2) is 67.2 Å². The number of carbonyl (C=O) groups excluding carboxylic acids is 2. The van der Waals surface area contributed by atoms with Crippen LogP contribution < -0.4 is 5.32 Å². The Balaban J connectivity index is 1.34. The highest BCUT2D eigenvalue weighted by Crippen LogP contribution is 2.23. The van der Waals surface area contributed by atoms with Crippen LogP contribution in [0, 0.1) is 5.92 Å². The molecule has 8 heteroatoms. The van der Waals surface area contributed by atoms with Gasteiger partial charge in [-0.15, -0.1) is 0 Å². The first-order valence-corrected chi connectivity index (χ1v) is 13.3. The Morgan fingerprint density at radius 3 is 2.18 bits per heavy atom. The summed E-state index contributed by atoms with van der Waals surface area (Å²) in [5.74, 6) is 0.0741. The summed E-state index contributed by atoms with van der Waals surface area (Å²) < 4.78 is 24.1. The molecule has 0 bridgehead atoms. The number of rotatable bonds is 7. The first-order chi connectivity index (χ1) is 15.9. The van der Waals surface area contributed by atoms with E-state index >= 15 is 0 Å². The van der Waals surface area contributed by atoms with Crippen LogP contribution in [0.2, 0.25) is 0 Å². The van der Waals surface area contributed by atoms with Gasteiger partial charge in [-0.2, -0.15) is 0 Å². The number of benzene rings is 2. The number of carbonyl (C=O) groups is 2. The summed E-state index contributed by atoms with van der Waals surface area (Å²) in [4.78, 5) is 29.7. The van der Waals surface area contributed by atoms with Crippen molar-refractivity contribution in [3.63, 3.8) is 0 Å². The van der Waals surface area contributed by atoms with Gasteiger partial charge in [0, 0.05) is 24.2 Å². The number of nitrogens with zero attached hydrogens (tertiary/aromatic N) is 2. The largest absolute Gasteiger partial charge is 0.333 e. The molecule has 2 saturated heterocycles. The number of sulfone groups is 1. The molecule has 2 amide bonds. The fourth-order valence-corrected chi connectivity index (χ4v) is 6.35. The second kappa shape index (κ2) is 10.5. The second-order valence-corrected chi connectivity index (χ2v) is 11.2. The third kappa shape index (κ3) is 6.42. The van der Waals surface area contributed by atoms with E-state index in [4.69, 9.17) is 0 Å². The van der Waals surface area contributed by atoms with Gasteiger partial charge in [0.1, 0.15) is 0 Å². The molecule has 2 fully saturated rings. The first-order valence-electron chi connectivity index (χ1n) is 11.5. The molecule has 2 heterocycles. The van der Waals surface area contributed by atoms with E-state index in [2.05, 4.69) is 10.2 Å². The number of nitrogens with one attached hydrogen (secondary N) is 1. The molecule has 2 aliphatic rings. The quantitative estimate of drug-likeness (QED) is 0.674. The van der Waals surface area contributed by atoms with Gasteiger partial charge in [0.05, 0.1) is 18.1 Å². The maximum atomic E-state index is 13.3. The molecule has 2 aromatic rings. The van der Waals surface area contributed by atoms with Crippen LogP contribution in [-0.2, 0) is 26.0 Å². The van der Waals surface area contributed by atoms with Crippen molar-refractivity contribution < 1.29 is 18.0 Å². The van der Waals surface area contributed by atoms with E-state index in [0.717, 1.165) is 11.3 Å². The van der Waals surface area contributed by atoms with Crippen LogP contribution in [0.4, 0.5) is 5.69 Å². The number of likely N-dealkylation sites (tertiary alicyclic amines) is 1. The number of hydrogen-bond acceptors (Lipinski definition) is 5. The van der Waals surface area contributed by atoms with E-state index < -0.39 is 9.84 Å². The Morgan fingerprint density at radius 2 is 1.58 bits per heavy atom. The summed E-state index contributed by atoms with van der Waals surface area (Å²) >= 11 is 0. The van der Waals surface area contributed by atoms with Crippen molar-refractivity contribution in [3.05, 3.63) is 66.2 Å². The zero-order valence-corrected chi connectivity index (χ0v) is 19.5. The van der Waals surface area contributed by atoms with Gasteiger partial charge in [-0.3, -0.25) is 14.5 Å². The normalized spacial score (nSPS) is 20.9. The predicted molar refractivity (Wildman–Crippen MR) is 128 cm³/mol. The highest BCUT2D eigenvalue weighted by atomic mass is 32.2. The van der Waals surface area contributed by atoms with Gasteiger partial charge < -0.3 is 10.2 Å². The third-order valence-electron chi connectivity index (χ3n) is 6.52. The van der Waals surface area contributed by atoms with Crippen molar-refractivity contribution in [2.24, 2.45) is 5.92 Å². The van der Waals surface area contributed by atoms with Gasteiger partial charge in [0.2, 0.25) is 11.8 Å². The number of amides is 2. The molecular formula is C25H31N3O4S. The molecule has 0 aromatic heterocycles. The molecule has 7 nitrogen and oxygen atoms in total. The number of piperidine rings is 1. The molecule has 33 heavy (non-hydrogen) atoms. The monoisotopic (exact) mass is 469 g/mol. The van der Waals surface area contributed by atoms with Gasteiger partial charge in [0.25, 0.3) is 0 Å². The molecule has 0 aliphatic carbocycles. The van der Waals surface area contributed by atoms with Crippen molar-refractivity contribution in [3.8, 4) is 0 Å². The summed E-state index contributed by atoms with van der Waals surface area (Å²) in [5, 5.41) is 2.97. The molecular weight excluding hydrogens is 438 g/mol. The lowest BCUT2D eigenvalue weighted by atomic mass is 9.95. The predicted octanol–water partition coefficient (Wildman–Crippen LogP) is 2.55. The molecule has 176 valence electrons. The summed E-state index contributed by atoms with van der Waals surface area (Å²) in [6, 6.07) is 18.8. The minimum Gasteiger partial charge on any atom is -0.333 e. The molecule has 2 aliphatic heterocycles. The van der Waals surface area contributed by atoms with Crippen LogP contribution in [0.25, 0.3) is 0 Å². The van der Waals surface area contributed by atoms with Crippen LogP contribution in [0.1, 0.15) is 24.8 Å². The van der Waals surface area contributed by atoms with Crippen LogP contribution in [0.5, 0.6) is 0 Å².